The number of rotatable bonds is 5. The Hall–Kier alpha value is -2.74. The highest BCUT2D eigenvalue weighted by Crippen LogP contribution is 2.31. The zero-order chi connectivity index (χ0) is 16.2. The fourth-order valence-corrected chi connectivity index (χ4v) is 2.49. The standard InChI is InChI=1S/C15H12N2O5S/c1-19-9-5-6-10(12(8-9)20-2)14(18)23-15-17-16-13(22-15)11-4-3-7-21-11/h3-8H,1-2H3. The minimum Gasteiger partial charge on any atom is -0.497 e. The second kappa shape index (κ2) is 6.57. The summed E-state index contributed by atoms with van der Waals surface area (Å²) in [7, 11) is 3.03. The van der Waals surface area contributed by atoms with Gasteiger partial charge in [0.15, 0.2) is 5.76 Å². The van der Waals surface area contributed by atoms with Crippen molar-refractivity contribution in [3.05, 3.63) is 42.2 Å². The Morgan fingerprint density at radius 3 is 2.74 bits per heavy atom. The molecule has 8 heteroatoms. The molecule has 0 fully saturated rings. The van der Waals surface area contributed by atoms with E-state index in [1.807, 2.05) is 0 Å². The normalized spacial score (nSPS) is 10.5. The number of carbonyl (C=O) groups excluding carboxylic acids is 1. The van der Waals surface area contributed by atoms with Crippen LogP contribution in [0.25, 0.3) is 11.7 Å². The molecular formula is C15H12N2O5S. The van der Waals surface area contributed by atoms with Crippen molar-refractivity contribution < 1.29 is 23.1 Å². The van der Waals surface area contributed by atoms with Crippen LogP contribution >= 0.6 is 11.8 Å². The third-order valence-corrected chi connectivity index (χ3v) is 3.69. The van der Waals surface area contributed by atoms with Crippen LogP contribution in [-0.4, -0.2) is 29.5 Å². The van der Waals surface area contributed by atoms with Crippen molar-refractivity contribution in [1.82, 2.24) is 10.2 Å². The van der Waals surface area contributed by atoms with Crippen LogP contribution in [0.1, 0.15) is 10.4 Å². The number of benzene rings is 1. The summed E-state index contributed by atoms with van der Waals surface area (Å²) < 4.78 is 20.9. The summed E-state index contributed by atoms with van der Waals surface area (Å²) in [4.78, 5) is 12.4. The lowest BCUT2D eigenvalue weighted by atomic mass is 10.2. The van der Waals surface area contributed by atoms with Crippen molar-refractivity contribution in [2.24, 2.45) is 0 Å². The number of aromatic nitrogens is 2. The molecule has 3 aromatic rings. The quantitative estimate of drug-likeness (QED) is 0.658. The highest BCUT2D eigenvalue weighted by atomic mass is 32.2. The lowest BCUT2D eigenvalue weighted by Crippen LogP contribution is -1.99. The number of ether oxygens (including phenoxy) is 2. The number of carbonyl (C=O) groups is 1. The van der Waals surface area contributed by atoms with Crippen molar-refractivity contribution in [2.75, 3.05) is 14.2 Å². The summed E-state index contributed by atoms with van der Waals surface area (Å²) in [5, 5.41) is 7.51. The van der Waals surface area contributed by atoms with Gasteiger partial charge in [-0.2, -0.15) is 0 Å². The van der Waals surface area contributed by atoms with E-state index in [0.29, 0.717) is 22.8 Å². The molecule has 7 nitrogen and oxygen atoms in total. The highest BCUT2D eigenvalue weighted by molar-refractivity contribution is 8.14. The van der Waals surface area contributed by atoms with Gasteiger partial charge in [0.05, 0.1) is 26.0 Å². The minimum atomic E-state index is -0.279. The monoisotopic (exact) mass is 332 g/mol. The van der Waals surface area contributed by atoms with Gasteiger partial charge in [-0.1, -0.05) is 0 Å². The molecule has 1 aromatic carbocycles. The third-order valence-electron chi connectivity index (χ3n) is 2.95. The summed E-state index contributed by atoms with van der Waals surface area (Å²) >= 11 is 0.816. The first-order valence-electron chi connectivity index (χ1n) is 6.53. The van der Waals surface area contributed by atoms with E-state index in [2.05, 4.69) is 10.2 Å². The van der Waals surface area contributed by atoms with E-state index >= 15 is 0 Å². The van der Waals surface area contributed by atoms with Gasteiger partial charge in [-0.05, 0) is 24.3 Å². The van der Waals surface area contributed by atoms with Crippen molar-refractivity contribution in [2.45, 2.75) is 5.22 Å². The van der Waals surface area contributed by atoms with E-state index in [1.54, 1.807) is 37.4 Å². The zero-order valence-electron chi connectivity index (χ0n) is 12.3. The van der Waals surface area contributed by atoms with Crippen LogP contribution in [0.15, 0.2) is 50.7 Å². The van der Waals surface area contributed by atoms with Crippen LogP contribution in [0.5, 0.6) is 11.5 Å². The molecule has 0 N–H and O–H groups in total. The fraction of sp³-hybridized carbons (Fsp3) is 0.133. The van der Waals surface area contributed by atoms with Crippen LogP contribution in [-0.2, 0) is 0 Å². The molecule has 0 aliphatic heterocycles. The van der Waals surface area contributed by atoms with Gasteiger partial charge in [-0.25, -0.2) is 0 Å². The van der Waals surface area contributed by atoms with E-state index in [0.717, 1.165) is 11.8 Å². The molecular weight excluding hydrogens is 320 g/mol. The van der Waals surface area contributed by atoms with Crippen molar-refractivity contribution >= 4 is 16.9 Å². The first kappa shape index (κ1) is 15.2. The van der Waals surface area contributed by atoms with E-state index < -0.39 is 0 Å². The minimum absolute atomic E-state index is 0.124. The molecule has 0 atom stereocenters. The van der Waals surface area contributed by atoms with Gasteiger partial charge >= 0.3 is 0 Å². The first-order valence-corrected chi connectivity index (χ1v) is 7.34. The average Bonchev–Trinajstić information content (AvgIpc) is 3.25. The molecule has 0 aliphatic rings. The van der Waals surface area contributed by atoms with Crippen molar-refractivity contribution in [3.8, 4) is 23.1 Å². The van der Waals surface area contributed by atoms with Crippen LogP contribution in [0, 0.1) is 0 Å². The molecule has 0 bridgehead atoms. The molecule has 2 heterocycles. The van der Waals surface area contributed by atoms with E-state index in [1.165, 1.54) is 13.4 Å². The predicted octanol–water partition coefficient (Wildman–Crippen LogP) is 3.28. The summed E-state index contributed by atoms with van der Waals surface area (Å²) in [6.07, 6.45) is 1.50. The topological polar surface area (TPSA) is 87.6 Å². The van der Waals surface area contributed by atoms with Gasteiger partial charge in [0.2, 0.25) is 5.12 Å². The summed E-state index contributed by atoms with van der Waals surface area (Å²) in [5.41, 5.74) is 0.385. The molecule has 0 aliphatic carbocycles. The average molecular weight is 332 g/mol. The molecule has 23 heavy (non-hydrogen) atoms. The summed E-state index contributed by atoms with van der Waals surface area (Å²) in [6.45, 7) is 0. The number of furan rings is 1. The maximum Gasteiger partial charge on any atom is 0.284 e. The SMILES string of the molecule is COc1ccc(C(=O)Sc2nnc(-c3ccco3)o2)c(OC)c1. The van der Waals surface area contributed by atoms with Gasteiger partial charge in [0, 0.05) is 17.8 Å². The van der Waals surface area contributed by atoms with Crippen molar-refractivity contribution in [3.63, 3.8) is 0 Å². The number of thioether (sulfide) groups is 1. The van der Waals surface area contributed by atoms with Gasteiger partial charge in [-0.3, -0.25) is 4.79 Å². The summed E-state index contributed by atoms with van der Waals surface area (Å²) in [5.74, 6) is 1.67. The Labute approximate surface area is 135 Å². The molecule has 0 radical (unpaired) electrons. The molecule has 2 aromatic heterocycles. The maximum absolute atomic E-state index is 12.4. The lowest BCUT2D eigenvalue weighted by molar-refractivity contribution is 0.108. The molecule has 0 amide bonds. The zero-order valence-corrected chi connectivity index (χ0v) is 13.1. The number of hydrogen-bond acceptors (Lipinski definition) is 8. The van der Waals surface area contributed by atoms with Crippen LogP contribution in [0.2, 0.25) is 0 Å². The third kappa shape index (κ3) is 3.21. The van der Waals surface area contributed by atoms with Crippen molar-refractivity contribution in [1.29, 1.82) is 0 Å². The fourth-order valence-electron chi connectivity index (χ4n) is 1.85. The summed E-state index contributed by atoms with van der Waals surface area (Å²) in [6, 6.07) is 8.33. The van der Waals surface area contributed by atoms with Crippen LogP contribution in [0.3, 0.4) is 0 Å². The Kier molecular flexibility index (Phi) is 4.33. The van der Waals surface area contributed by atoms with Gasteiger partial charge in [0.1, 0.15) is 11.5 Å². The smallest absolute Gasteiger partial charge is 0.284 e. The highest BCUT2D eigenvalue weighted by Gasteiger charge is 2.19. The van der Waals surface area contributed by atoms with Crippen LogP contribution in [0.4, 0.5) is 0 Å². The van der Waals surface area contributed by atoms with Gasteiger partial charge < -0.3 is 18.3 Å². The number of hydrogen-bond donors (Lipinski definition) is 0. The molecule has 0 saturated carbocycles. The Morgan fingerprint density at radius 2 is 2.04 bits per heavy atom. The second-order valence-electron chi connectivity index (χ2n) is 4.31. The predicted molar refractivity (Wildman–Crippen MR) is 81.7 cm³/mol. The molecule has 0 spiro atoms. The molecule has 3 rings (SSSR count). The largest absolute Gasteiger partial charge is 0.497 e. The van der Waals surface area contributed by atoms with E-state index in [4.69, 9.17) is 18.3 Å². The van der Waals surface area contributed by atoms with Gasteiger partial charge in [-0.15, -0.1) is 10.2 Å². The van der Waals surface area contributed by atoms with Crippen LogP contribution < -0.4 is 9.47 Å². The number of nitrogens with zero attached hydrogens (tertiary/aromatic N) is 2. The molecule has 0 unspecified atom stereocenters. The molecule has 0 saturated heterocycles. The first-order chi connectivity index (χ1) is 11.2. The maximum atomic E-state index is 12.4. The Balaban J connectivity index is 1.79. The number of methoxy groups -OCH3 is 2. The Morgan fingerprint density at radius 1 is 1.17 bits per heavy atom. The second-order valence-corrected chi connectivity index (χ2v) is 5.23. The lowest BCUT2D eigenvalue weighted by Gasteiger charge is -2.08. The molecule has 118 valence electrons. The Bertz CT molecular complexity index is 813. The van der Waals surface area contributed by atoms with E-state index in [9.17, 15) is 4.79 Å². The van der Waals surface area contributed by atoms with E-state index in [-0.39, 0.29) is 16.2 Å². The van der Waals surface area contributed by atoms with Gasteiger partial charge in [0.25, 0.3) is 11.1 Å².